The van der Waals surface area contributed by atoms with Crippen LogP contribution in [0.3, 0.4) is 0 Å². The average molecular weight is 204 g/mol. The fourth-order valence-corrected chi connectivity index (χ4v) is 1.24. The van der Waals surface area contributed by atoms with Crippen LogP contribution in [0, 0.1) is 0 Å². The Kier molecular flexibility index (Phi) is 7.65. The van der Waals surface area contributed by atoms with Gasteiger partial charge in [0.15, 0.2) is 0 Å². The minimum absolute atomic E-state index is 0.375. The van der Waals surface area contributed by atoms with Crippen molar-refractivity contribution in [2.75, 3.05) is 19.8 Å². The second-order valence-corrected chi connectivity index (χ2v) is 2.69. The lowest BCUT2D eigenvalue weighted by molar-refractivity contribution is -0.379. The van der Waals surface area contributed by atoms with Gasteiger partial charge in [0.1, 0.15) is 6.29 Å². The number of hydrogen-bond acceptors (Lipinski definition) is 4. The quantitative estimate of drug-likeness (QED) is 0.424. The van der Waals surface area contributed by atoms with Crippen LogP contribution < -0.4 is 0 Å². The van der Waals surface area contributed by atoms with Gasteiger partial charge in [0, 0.05) is 32.7 Å². The fraction of sp³-hybridized carbons (Fsp3) is 0.900. The molecular weight excluding hydrogens is 184 g/mol. The SMILES string of the molecule is CCOC(CCC=O)(OCC)OCC. The van der Waals surface area contributed by atoms with Gasteiger partial charge in [-0.3, -0.25) is 0 Å². The molecular formula is C10H20O4. The highest BCUT2D eigenvalue weighted by atomic mass is 16.9. The van der Waals surface area contributed by atoms with Gasteiger partial charge in [0.05, 0.1) is 0 Å². The molecule has 0 fully saturated rings. The third kappa shape index (κ3) is 4.69. The van der Waals surface area contributed by atoms with Crippen LogP contribution in [0.4, 0.5) is 0 Å². The topological polar surface area (TPSA) is 44.8 Å². The van der Waals surface area contributed by atoms with Crippen LogP contribution in [0.1, 0.15) is 33.6 Å². The summed E-state index contributed by atoms with van der Waals surface area (Å²) in [6.45, 7) is 7.10. The van der Waals surface area contributed by atoms with E-state index in [0.29, 0.717) is 32.7 Å². The summed E-state index contributed by atoms with van der Waals surface area (Å²) in [5.41, 5.74) is 0. The van der Waals surface area contributed by atoms with Gasteiger partial charge < -0.3 is 19.0 Å². The molecule has 0 aromatic heterocycles. The molecule has 0 N–H and O–H groups in total. The van der Waals surface area contributed by atoms with Crippen molar-refractivity contribution in [3.05, 3.63) is 0 Å². The van der Waals surface area contributed by atoms with Gasteiger partial charge in [-0.05, 0) is 20.8 Å². The first kappa shape index (κ1) is 13.5. The van der Waals surface area contributed by atoms with Crippen molar-refractivity contribution in [2.45, 2.75) is 39.6 Å². The van der Waals surface area contributed by atoms with Crippen LogP contribution >= 0.6 is 0 Å². The van der Waals surface area contributed by atoms with E-state index in [-0.39, 0.29) is 0 Å². The van der Waals surface area contributed by atoms with Crippen molar-refractivity contribution in [3.63, 3.8) is 0 Å². The fourth-order valence-electron chi connectivity index (χ4n) is 1.24. The van der Waals surface area contributed by atoms with Crippen LogP contribution in [-0.4, -0.2) is 32.1 Å². The minimum atomic E-state index is -1.03. The van der Waals surface area contributed by atoms with E-state index in [2.05, 4.69) is 0 Å². The van der Waals surface area contributed by atoms with Crippen molar-refractivity contribution >= 4 is 6.29 Å². The highest BCUT2D eigenvalue weighted by molar-refractivity contribution is 5.49. The van der Waals surface area contributed by atoms with Crippen molar-refractivity contribution in [1.29, 1.82) is 0 Å². The number of carbonyl (C=O) groups excluding carboxylic acids is 1. The lowest BCUT2D eigenvalue weighted by Gasteiger charge is -2.31. The molecule has 0 heterocycles. The number of rotatable bonds is 9. The Morgan fingerprint density at radius 1 is 1.00 bits per heavy atom. The average Bonchev–Trinajstić information content (AvgIpc) is 2.16. The number of ether oxygens (including phenoxy) is 3. The van der Waals surface area contributed by atoms with E-state index in [9.17, 15) is 4.79 Å². The Bertz CT molecular complexity index is 130. The number of aldehydes is 1. The van der Waals surface area contributed by atoms with Crippen LogP contribution in [0.15, 0.2) is 0 Å². The molecule has 0 aromatic carbocycles. The van der Waals surface area contributed by atoms with E-state index in [4.69, 9.17) is 14.2 Å². The van der Waals surface area contributed by atoms with Crippen molar-refractivity contribution < 1.29 is 19.0 Å². The van der Waals surface area contributed by atoms with Gasteiger partial charge in [-0.15, -0.1) is 0 Å². The summed E-state index contributed by atoms with van der Waals surface area (Å²) in [6.07, 6.45) is 1.65. The van der Waals surface area contributed by atoms with E-state index in [0.717, 1.165) is 6.29 Å². The minimum Gasteiger partial charge on any atom is -0.328 e. The third-order valence-corrected chi connectivity index (χ3v) is 1.66. The second-order valence-electron chi connectivity index (χ2n) is 2.69. The molecule has 0 amide bonds. The summed E-state index contributed by atoms with van der Waals surface area (Å²) < 4.78 is 16.2. The van der Waals surface area contributed by atoms with Gasteiger partial charge in [-0.1, -0.05) is 0 Å². The second kappa shape index (κ2) is 7.91. The number of hydrogen-bond donors (Lipinski definition) is 0. The Morgan fingerprint density at radius 2 is 1.43 bits per heavy atom. The van der Waals surface area contributed by atoms with Crippen LogP contribution in [-0.2, 0) is 19.0 Å². The summed E-state index contributed by atoms with van der Waals surface area (Å²) in [5.74, 6) is -1.03. The summed E-state index contributed by atoms with van der Waals surface area (Å²) in [7, 11) is 0. The highest BCUT2D eigenvalue weighted by Gasteiger charge is 2.31. The smallest absolute Gasteiger partial charge is 0.283 e. The normalized spacial score (nSPS) is 11.6. The zero-order valence-electron chi connectivity index (χ0n) is 9.25. The Balaban J connectivity index is 4.28. The summed E-state index contributed by atoms with van der Waals surface area (Å²) >= 11 is 0. The van der Waals surface area contributed by atoms with Crippen LogP contribution in [0.25, 0.3) is 0 Å². The molecule has 0 aliphatic rings. The summed E-state index contributed by atoms with van der Waals surface area (Å²) in [4.78, 5) is 10.3. The molecule has 0 radical (unpaired) electrons. The molecule has 0 aromatic rings. The first-order chi connectivity index (χ1) is 6.74. The molecule has 4 heteroatoms. The van der Waals surface area contributed by atoms with E-state index in [1.54, 1.807) is 0 Å². The van der Waals surface area contributed by atoms with E-state index < -0.39 is 5.97 Å². The van der Waals surface area contributed by atoms with Gasteiger partial charge in [-0.25, -0.2) is 0 Å². The van der Waals surface area contributed by atoms with E-state index in [1.165, 1.54) is 0 Å². The number of carbonyl (C=O) groups is 1. The highest BCUT2D eigenvalue weighted by Crippen LogP contribution is 2.21. The van der Waals surface area contributed by atoms with Crippen molar-refractivity contribution in [3.8, 4) is 0 Å². The molecule has 84 valence electrons. The van der Waals surface area contributed by atoms with Crippen molar-refractivity contribution in [1.82, 2.24) is 0 Å². The van der Waals surface area contributed by atoms with Crippen molar-refractivity contribution in [2.24, 2.45) is 0 Å². The predicted octanol–water partition coefficient (Wildman–Crippen LogP) is 1.73. The van der Waals surface area contributed by atoms with E-state index >= 15 is 0 Å². The third-order valence-electron chi connectivity index (χ3n) is 1.66. The van der Waals surface area contributed by atoms with Gasteiger partial charge in [0.25, 0.3) is 5.97 Å². The Hall–Kier alpha value is -0.450. The molecule has 0 spiro atoms. The van der Waals surface area contributed by atoms with Crippen LogP contribution in [0.5, 0.6) is 0 Å². The molecule has 4 nitrogen and oxygen atoms in total. The maximum Gasteiger partial charge on any atom is 0.283 e. The molecule has 0 saturated heterocycles. The lowest BCUT2D eigenvalue weighted by atomic mass is 10.3. The monoisotopic (exact) mass is 204 g/mol. The Labute approximate surface area is 85.5 Å². The zero-order valence-corrected chi connectivity index (χ0v) is 9.25. The summed E-state index contributed by atoms with van der Waals surface area (Å²) in [6, 6.07) is 0. The van der Waals surface area contributed by atoms with E-state index in [1.807, 2.05) is 20.8 Å². The molecule has 0 unspecified atom stereocenters. The maximum absolute atomic E-state index is 10.3. The molecule has 0 atom stereocenters. The standard InChI is InChI=1S/C10H20O4/c1-4-12-10(13-5-2,14-6-3)8-7-9-11/h9H,4-8H2,1-3H3. The lowest BCUT2D eigenvalue weighted by Crippen LogP contribution is -2.39. The summed E-state index contributed by atoms with van der Waals surface area (Å²) in [5, 5.41) is 0. The molecule has 0 aliphatic heterocycles. The molecule has 14 heavy (non-hydrogen) atoms. The molecule has 0 aliphatic carbocycles. The van der Waals surface area contributed by atoms with Crippen LogP contribution in [0.2, 0.25) is 0 Å². The largest absolute Gasteiger partial charge is 0.328 e. The van der Waals surface area contributed by atoms with Gasteiger partial charge in [-0.2, -0.15) is 0 Å². The maximum atomic E-state index is 10.3. The molecule has 0 rings (SSSR count). The predicted molar refractivity (Wildman–Crippen MR) is 52.9 cm³/mol. The van der Waals surface area contributed by atoms with Gasteiger partial charge in [0.2, 0.25) is 0 Å². The van der Waals surface area contributed by atoms with Gasteiger partial charge >= 0.3 is 0 Å². The zero-order chi connectivity index (χ0) is 10.9. The first-order valence-corrected chi connectivity index (χ1v) is 5.10. The molecule has 0 saturated carbocycles. The molecule has 0 bridgehead atoms. The first-order valence-electron chi connectivity index (χ1n) is 5.10. The Morgan fingerprint density at radius 3 is 1.71 bits per heavy atom.